The summed E-state index contributed by atoms with van der Waals surface area (Å²) < 4.78 is 11.0. The molecule has 1 saturated heterocycles. The number of morpholine rings is 1. The van der Waals surface area contributed by atoms with Gasteiger partial charge in [0.1, 0.15) is 6.10 Å². The minimum Gasteiger partial charge on any atom is -0.459 e. The Hall–Kier alpha value is -2.17. The van der Waals surface area contributed by atoms with Crippen molar-refractivity contribution in [2.24, 2.45) is 0 Å². The highest BCUT2D eigenvalue weighted by Gasteiger charge is 2.15. The van der Waals surface area contributed by atoms with Crippen molar-refractivity contribution in [3.05, 3.63) is 60.2 Å². The molecule has 0 bridgehead atoms. The van der Waals surface area contributed by atoms with E-state index < -0.39 is 0 Å². The average molecular weight is 339 g/mol. The number of carbonyl (C=O) groups excluding carboxylic acids is 1. The molecule has 0 aliphatic carbocycles. The molecule has 0 saturated carbocycles. The topological polar surface area (TPSA) is 38.8 Å². The van der Waals surface area contributed by atoms with Gasteiger partial charge < -0.3 is 9.47 Å². The number of nitrogens with zero attached hydrogens (tertiary/aromatic N) is 1. The molecule has 1 heterocycles. The fourth-order valence-corrected chi connectivity index (χ4v) is 2.96. The molecule has 132 valence electrons. The van der Waals surface area contributed by atoms with E-state index >= 15 is 0 Å². The third-order valence-electron chi connectivity index (χ3n) is 4.47. The van der Waals surface area contributed by atoms with Crippen molar-refractivity contribution >= 4 is 5.97 Å². The van der Waals surface area contributed by atoms with E-state index in [1.165, 1.54) is 0 Å². The highest BCUT2D eigenvalue weighted by atomic mass is 16.5. The zero-order valence-electron chi connectivity index (χ0n) is 14.7. The van der Waals surface area contributed by atoms with E-state index in [1.807, 2.05) is 61.5 Å². The van der Waals surface area contributed by atoms with Gasteiger partial charge in [-0.3, -0.25) is 4.90 Å². The maximum Gasteiger partial charge on any atom is 0.338 e. The van der Waals surface area contributed by atoms with Crippen LogP contribution in [0.2, 0.25) is 0 Å². The molecular formula is C21H25NO3. The summed E-state index contributed by atoms with van der Waals surface area (Å²) >= 11 is 0. The third-order valence-corrected chi connectivity index (χ3v) is 4.47. The first-order valence-corrected chi connectivity index (χ1v) is 8.89. The summed E-state index contributed by atoms with van der Waals surface area (Å²) in [7, 11) is 0. The zero-order valence-corrected chi connectivity index (χ0v) is 14.7. The standard InChI is InChI=1S/C21H25NO3/c1-17(10-11-22-12-14-24-15-13-22)25-21(23)20-9-5-8-19(16-20)18-6-3-2-4-7-18/h2-9,16-17H,10-15H2,1H3. The summed E-state index contributed by atoms with van der Waals surface area (Å²) in [4.78, 5) is 14.8. The summed E-state index contributed by atoms with van der Waals surface area (Å²) in [6, 6.07) is 17.7. The first-order chi connectivity index (χ1) is 12.2. The van der Waals surface area contributed by atoms with Crippen molar-refractivity contribution in [1.82, 2.24) is 4.90 Å². The van der Waals surface area contributed by atoms with Gasteiger partial charge in [0.15, 0.2) is 0 Å². The van der Waals surface area contributed by atoms with Crippen LogP contribution >= 0.6 is 0 Å². The Kier molecular flexibility index (Phi) is 6.20. The summed E-state index contributed by atoms with van der Waals surface area (Å²) in [5.74, 6) is -0.257. The van der Waals surface area contributed by atoms with Crippen LogP contribution in [0.3, 0.4) is 0 Å². The van der Waals surface area contributed by atoms with Crippen LogP contribution in [-0.4, -0.2) is 49.8 Å². The lowest BCUT2D eigenvalue weighted by atomic mass is 10.0. The highest BCUT2D eigenvalue weighted by molar-refractivity contribution is 5.91. The van der Waals surface area contributed by atoms with Gasteiger partial charge >= 0.3 is 5.97 Å². The molecule has 1 aliphatic rings. The molecule has 2 aromatic carbocycles. The zero-order chi connectivity index (χ0) is 17.5. The van der Waals surface area contributed by atoms with Gasteiger partial charge in [-0.1, -0.05) is 42.5 Å². The molecule has 1 atom stereocenters. The Labute approximate surface area is 149 Å². The van der Waals surface area contributed by atoms with Gasteiger partial charge in [-0.25, -0.2) is 4.79 Å². The molecule has 0 radical (unpaired) electrons. The fourth-order valence-electron chi connectivity index (χ4n) is 2.96. The predicted octanol–water partition coefficient (Wildman–Crippen LogP) is 3.62. The number of carbonyl (C=O) groups is 1. The molecule has 0 N–H and O–H groups in total. The maximum atomic E-state index is 12.4. The molecule has 2 aromatic rings. The smallest absolute Gasteiger partial charge is 0.338 e. The van der Waals surface area contributed by atoms with Crippen molar-refractivity contribution in [2.45, 2.75) is 19.4 Å². The Morgan fingerprint density at radius 1 is 1.08 bits per heavy atom. The van der Waals surface area contributed by atoms with Crippen LogP contribution in [0.25, 0.3) is 11.1 Å². The van der Waals surface area contributed by atoms with Gasteiger partial charge in [0.25, 0.3) is 0 Å². The van der Waals surface area contributed by atoms with Crippen molar-refractivity contribution < 1.29 is 14.3 Å². The third kappa shape index (κ3) is 5.15. The van der Waals surface area contributed by atoms with Crippen molar-refractivity contribution in [3.8, 4) is 11.1 Å². The summed E-state index contributed by atoms with van der Waals surface area (Å²) in [5.41, 5.74) is 2.72. The van der Waals surface area contributed by atoms with Gasteiger partial charge in [0, 0.05) is 19.6 Å². The molecule has 4 heteroatoms. The van der Waals surface area contributed by atoms with E-state index in [9.17, 15) is 4.79 Å². The highest BCUT2D eigenvalue weighted by Crippen LogP contribution is 2.20. The second-order valence-corrected chi connectivity index (χ2v) is 6.41. The lowest BCUT2D eigenvalue weighted by molar-refractivity contribution is 0.0170. The Bertz CT molecular complexity index is 681. The number of hydrogen-bond acceptors (Lipinski definition) is 4. The maximum absolute atomic E-state index is 12.4. The number of rotatable bonds is 6. The van der Waals surface area contributed by atoms with E-state index in [0.717, 1.165) is 50.4 Å². The van der Waals surface area contributed by atoms with Gasteiger partial charge in [-0.2, -0.15) is 0 Å². The number of ether oxygens (including phenoxy) is 2. The van der Waals surface area contributed by atoms with Crippen molar-refractivity contribution in [3.63, 3.8) is 0 Å². The second-order valence-electron chi connectivity index (χ2n) is 6.41. The summed E-state index contributed by atoms with van der Waals surface area (Å²) in [6.07, 6.45) is 0.736. The molecule has 3 rings (SSSR count). The quantitative estimate of drug-likeness (QED) is 0.754. The molecular weight excluding hydrogens is 314 g/mol. The van der Waals surface area contributed by atoms with Gasteiger partial charge in [0.2, 0.25) is 0 Å². The lowest BCUT2D eigenvalue weighted by Crippen LogP contribution is -2.38. The normalized spacial score (nSPS) is 16.4. The van der Waals surface area contributed by atoms with Gasteiger partial charge in [0.05, 0.1) is 18.8 Å². The predicted molar refractivity (Wildman–Crippen MR) is 98.6 cm³/mol. The van der Waals surface area contributed by atoms with Crippen LogP contribution in [0.1, 0.15) is 23.7 Å². The second kappa shape index (κ2) is 8.79. The van der Waals surface area contributed by atoms with E-state index in [-0.39, 0.29) is 12.1 Å². The average Bonchev–Trinajstić information content (AvgIpc) is 2.68. The van der Waals surface area contributed by atoms with E-state index in [4.69, 9.17) is 9.47 Å². The van der Waals surface area contributed by atoms with Gasteiger partial charge in [-0.15, -0.1) is 0 Å². The van der Waals surface area contributed by atoms with Crippen LogP contribution < -0.4 is 0 Å². The number of benzene rings is 2. The van der Waals surface area contributed by atoms with Crippen LogP contribution in [-0.2, 0) is 9.47 Å². The minimum atomic E-state index is -0.257. The molecule has 0 spiro atoms. The monoisotopic (exact) mass is 339 g/mol. The number of hydrogen-bond donors (Lipinski definition) is 0. The first-order valence-electron chi connectivity index (χ1n) is 8.89. The SMILES string of the molecule is CC(CCN1CCOCC1)OC(=O)c1cccc(-c2ccccc2)c1. The largest absolute Gasteiger partial charge is 0.459 e. The van der Waals surface area contributed by atoms with Crippen LogP contribution in [0.5, 0.6) is 0 Å². The minimum absolute atomic E-state index is 0.101. The number of esters is 1. The van der Waals surface area contributed by atoms with Crippen molar-refractivity contribution in [1.29, 1.82) is 0 Å². The molecule has 1 fully saturated rings. The molecule has 4 nitrogen and oxygen atoms in total. The Morgan fingerprint density at radius 2 is 1.80 bits per heavy atom. The van der Waals surface area contributed by atoms with Crippen LogP contribution in [0.15, 0.2) is 54.6 Å². The van der Waals surface area contributed by atoms with Crippen molar-refractivity contribution in [2.75, 3.05) is 32.8 Å². The van der Waals surface area contributed by atoms with Crippen LogP contribution in [0.4, 0.5) is 0 Å². The molecule has 0 aromatic heterocycles. The molecule has 25 heavy (non-hydrogen) atoms. The van der Waals surface area contributed by atoms with E-state index in [1.54, 1.807) is 0 Å². The van der Waals surface area contributed by atoms with E-state index in [0.29, 0.717) is 5.56 Å². The van der Waals surface area contributed by atoms with Gasteiger partial charge in [-0.05, 0) is 36.6 Å². The summed E-state index contributed by atoms with van der Waals surface area (Å²) in [5, 5.41) is 0. The fraction of sp³-hybridized carbons (Fsp3) is 0.381. The van der Waals surface area contributed by atoms with Crippen LogP contribution in [0, 0.1) is 0 Å². The molecule has 0 amide bonds. The Morgan fingerprint density at radius 3 is 2.56 bits per heavy atom. The van der Waals surface area contributed by atoms with E-state index in [2.05, 4.69) is 4.90 Å². The Balaban J connectivity index is 1.55. The molecule has 1 unspecified atom stereocenters. The summed E-state index contributed by atoms with van der Waals surface area (Å²) in [6.45, 7) is 6.39. The first kappa shape index (κ1) is 17.6. The molecule has 1 aliphatic heterocycles. The lowest BCUT2D eigenvalue weighted by Gasteiger charge is -2.27.